The van der Waals surface area contributed by atoms with E-state index in [-0.39, 0.29) is 0 Å². The molecule has 0 aliphatic carbocycles. The number of imidazole rings is 1. The lowest BCUT2D eigenvalue weighted by Crippen LogP contribution is -1.83. The molecule has 0 aliphatic rings. The van der Waals surface area contributed by atoms with Gasteiger partial charge in [0.2, 0.25) is 0 Å². The quantitative estimate of drug-likeness (QED) is 0.822. The number of halogens is 1. The molecule has 0 saturated carbocycles. The van der Waals surface area contributed by atoms with Crippen molar-refractivity contribution >= 4 is 33.2 Å². The Morgan fingerprint density at radius 1 is 1.54 bits per heavy atom. The van der Waals surface area contributed by atoms with Gasteiger partial charge in [0, 0.05) is 11.9 Å². The molecule has 0 N–H and O–H groups in total. The van der Waals surface area contributed by atoms with E-state index in [0.29, 0.717) is 0 Å². The van der Waals surface area contributed by atoms with E-state index in [1.54, 1.807) is 11.8 Å². The second-order valence-corrected chi connectivity index (χ2v) is 4.29. The molecule has 0 atom stereocenters. The third-order valence-electron chi connectivity index (χ3n) is 1.86. The molecule has 0 spiro atoms. The first-order valence-corrected chi connectivity index (χ1v) is 6.12. The van der Waals surface area contributed by atoms with Crippen molar-refractivity contribution in [2.24, 2.45) is 0 Å². The van der Waals surface area contributed by atoms with E-state index in [0.717, 1.165) is 16.2 Å². The van der Waals surface area contributed by atoms with Gasteiger partial charge in [0.1, 0.15) is 0 Å². The average molecular weight is 257 g/mol. The van der Waals surface area contributed by atoms with Gasteiger partial charge in [0.25, 0.3) is 0 Å². The summed E-state index contributed by atoms with van der Waals surface area (Å²) in [5.41, 5.74) is 2.32. The van der Waals surface area contributed by atoms with Crippen LogP contribution < -0.4 is 0 Å². The molecule has 13 heavy (non-hydrogen) atoms. The number of aromatic nitrogens is 2. The van der Waals surface area contributed by atoms with Crippen molar-refractivity contribution in [3.05, 3.63) is 34.8 Å². The number of fused-ring (bicyclic) bond motifs is 1. The standard InChI is InChI=1S/C9H9BrN2S/c1-13-6-7-8-4-2-3-5-12(8)9(10)11-7/h2-5H,6H2,1H3. The Morgan fingerprint density at radius 2 is 2.38 bits per heavy atom. The summed E-state index contributed by atoms with van der Waals surface area (Å²) >= 11 is 5.22. The number of rotatable bonds is 2. The molecule has 2 aromatic heterocycles. The molecule has 0 saturated heterocycles. The third kappa shape index (κ3) is 1.60. The summed E-state index contributed by atoms with van der Waals surface area (Å²) in [5.74, 6) is 0.957. The van der Waals surface area contributed by atoms with Crippen LogP contribution in [0.15, 0.2) is 29.1 Å². The van der Waals surface area contributed by atoms with Crippen LogP contribution in [-0.4, -0.2) is 15.6 Å². The van der Waals surface area contributed by atoms with Crippen molar-refractivity contribution in [2.45, 2.75) is 5.75 Å². The highest BCUT2D eigenvalue weighted by molar-refractivity contribution is 9.10. The van der Waals surface area contributed by atoms with Crippen LogP contribution in [-0.2, 0) is 5.75 Å². The summed E-state index contributed by atoms with van der Waals surface area (Å²) in [6, 6.07) is 6.12. The smallest absolute Gasteiger partial charge is 0.182 e. The molecule has 0 aromatic carbocycles. The summed E-state index contributed by atoms with van der Waals surface area (Å²) in [6.45, 7) is 0. The Hall–Kier alpha value is -0.480. The molecule has 0 amide bonds. The monoisotopic (exact) mass is 256 g/mol. The summed E-state index contributed by atoms with van der Waals surface area (Å²) in [7, 11) is 0. The highest BCUT2D eigenvalue weighted by atomic mass is 79.9. The Bertz CT molecular complexity index is 424. The zero-order chi connectivity index (χ0) is 9.26. The van der Waals surface area contributed by atoms with Crippen LogP contribution in [0.4, 0.5) is 0 Å². The fraction of sp³-hybridized carbons (Fsp3) is 0.222. The Labute approximate surface area is 89.5 Å². The average Bonchev–Trinajstić information content (AvgIpc) is 2.46. The van der Waals surface area contributed by atoms with E-state index < -0.39 is 0 Å². The molecule has 0 bridgehead atoms. The van der Waals surface area contributed by atoms with Gasteiger partial charge in [0.05, 0.1) is 11.2 Å². The van der Waals surface area contributed by atoms with Crippen molar-refractivity contribution in [1.29, 1.82) is 0 Å². The molecule has 0 aliphatic heterocycles. The largest absolute Gasteiger partial charge is 0.294 e. The van der Waals surface area contributed by atoms with Crippen LogP contribution >= 0.6 is 27.7 Å². The van der Waals surface area contributed by atoms with Crippen molar-refractivity contribution in [3.63, 3.8) is 0 Å². The van der Waals surface area contributed by atoms with Crippen molar-refractivity contribution < 1.29 is 0 Å². The minimum absolute atomic E-state index is 0.882. The van der Waals surface area contributed by atoms with Gasteiger partial charge in [-0.3, -0.25) is 4.40 Å². The third-order valence-corrected chi connectivity index (χ3v) is 2.98. The molecule has 2 aromatic rings. The molecule has 2 rings (SSSR count). The van der Waals surface area contributed by atoms with Gasteiger partial charge in [-0.25, -0.2) is 4.98 Å². The highest BCUT2D eigenvalue weighted by Gasteiger charge is 2.06. The van der Waals surface area contributed by atoms with Gasteiger partial charge < -0.3 is 0 Å². The van der Waals surface area contributed by atoms with E-state index in [1.165, 1.54) is 5.52 Å². The van der Waals surface area contributed by atoms with Crippen LogP contribution in [0.2, 0.25) is 0 Å². The number of hydrogen-bond acceptors (Lipinski definition) is 2. The molecular weight excluding hydrogens is 248 g/mol. The summed E-state index contributed by atoms with van der Waals surface area (Å²) in [5, 5.41) is 0. The first-order chi connectivity index (χ1) is 6.33. The maximum absolute atomic E-state index is 4.44. The Balaban J connectivity index is 2.63. The normalized spacial score (nSPS) is 10.9. The van der Waals surface area contributed by atoms with E-state index in [2.05, 4.69) is 33.2 Å². The van der Waals surface area contributed by atoms with Gasteiger partial charge in [0.15, 0.2) is 4.73 Å². The molecule has 68 valence electrons. The molecule has 2 nitrogen and oxygen atoms in total. The number of nitrogens with zero attached hydrogens (tertiary/aromatic N) is 2. The lowest BCUT2D eigenvalue weighted by molar-refractivity contribution is 1.09. The fourth-order valence-corrected chi connectivity index (χ4v) is 2.31. The zero-order valence-electron chi connectivity index (χ0n) is 7.20. The zero-order valence-corrected chi connectivity index (χ0v) is 9.60. The number of hydrogen-bond donors (Lipinski definition) is 0. The van der Waals surface area contributed by atoms with Crippen molar-refractivity contribution in [2.75, 3.05) is 6.26 Å². The Kier molecular flexibility index (Phi) is 2.60. The van der Waals surface area contributed by atoms with Gasteiger partial charge >= 0.3 is 0 Å². The van der Waals surface area contributed by atoms with Crippen LogP contribution in [0.25, 0.3) is 5.52 Å². The first kappa shape index (κ1) is 9.09. The molecule has 0 radical (unpaired) electrons. The number of thioether (sulfide) groups is 1. The lowest BCUT2D eigenvalue weighted by atomic mass is 10.3. The SMILES string of the molecule is CSCc1nc(Br)n2ccccc12. The van der Waals surface area contributed by atoms with Crippen LogP contribution in [0.5, 0.6) is 0 Å². The molecule has 4 heteroatoms. The van der Waals surface area contributed by atoms with E-state index in [1.807, 2.05) is 22.7 Å². The molecular formula is C9H9BrN2S. The summed E-state index contributed by atoms with van der Waals surface area (Å²) in [6.07, 6.45) is 4.10. The Morgan fingerprint density at radius 3 is 3.15 bits per heavy atom. The predicted octanol–water partition coefficient (Wildman–Crippen LogP) is 2.96. The second-order valence-electron chi connectivity index (χ2n) is 2.72. The predicted molar refractivity (Wildman–Crippen MR) is 60.1 cm³/mol. The highest BCUT2D eigenvalue weighted by Crippen LogP contribution is 2.20. The lowest BCUT2D eigenvalue weighted by Gasteiger charge is -1.94. The molecule has 0 fully saturated rings. The molecule has 0 unspecified atom stereocenters. The van der Waals surface area contributed by atoms with Gasteiger partial charge in [-0.15, -0.1) is 0 Å². The maximum Gasteiger partial charge on any atom is 0.182 e. The minimum atomic E-state index is 0.882. The van der Waals surface area contributed by atoms with Crippen LogP contribution in [0.1, 0.15) is 5.69 Å². The van der Waals surface area contributed by atoms with Gasteiger partial charge in [-0.2, -0.15) is 11.8 Å². The van der Waals surface area contributed by atoms with E-state index >= 15 is 0 Å². The minimum Gasteiger partial charge on any atom is -0.294 e. The van der Waals surface area contributed by atoms with E-state index in [9.17, 15) is 0 Å². The van der Waals surface area contributed by atoms with Crippen LogP contribution in [0.3, 0.4) is 0 Å². The second kappa shape index (κ2) is 3.72. The number of pyridine rings is 1. The van der Waals surface area contributed by atoms with Crippen molar-refractivity contribution in [3.8, 4) is 0 Å². The van der Waals surface area contributed by atoms with Gasteiger partial charge in [-0.05, 0) is 34.3 Å². The van der Waals surface area contributed by atoms with E-state index in [4.69, 9.17) is 0 Å². The molecule has 2 heterocycles. The summed E-state index contributed by atoms with van der Waals surface area (Å²) in [4.78, 5) is 4.44. The van der Waals surface area contributed by atoms with Crippen LogP contribution in [0, 0.1) is 0 Å². The fourth-order valence-electron chi connectivity index (χ4n) is 1.30. The summed E-state index contributed by atoms with van der Waals surface area (Å²) < 4.78 is 2.93. The first-order valence-electron chi connectivity index (χ1n) is 3.93. The van der Waals surface area contributed by atoms with Gasteiger partial charge in [-0.1, -0.05) is 6.07 Å². The van der Waals surface area contributed by atoms with Crippen molar-refractivity contribution in [1.82, 2.24) is 9.38 Å². The maximum atomic E-state index is 4.44. The topological polar surface area (TPSA) is 17.3 Å².